The van der Waals surface area contributed by atoms with Gasteiger partial charge in [0.15, 0.2) is 0 Å². The first-order valence-corrected chi connectivity index (χ1v) is 7.49. The number of rotatable bonds is 7. The maximum Gasteiger partial charge on any atom is 0.119 e. The maximum atomic E-state index is 5.63. The molecule has 4 heteroatoms. The molecule has 102 valence electrons. The van der Waals surface area contributed by atoms with Crippen molar-refractivity contribution in [2.24, 2.45) is 0 Å². The van der Waals surface area contributed by atoms with Crippen LogP contribution in [0.1, 0.15) is 29.5 Å². The first-order chi connectivity index (χ1) is 9.29. The molecule has 0 saturated carbocycles. The normalized spacial score (nSPS) is 10.6. The Kier molecular flexibility index (Phi) is 5.36. The molecule has 1 aromatic heterocycles. The standard InChI is InChI=1S/C15H20N2OS/c1-3-7-18-14-6-4-5-13(8-14)9-16-10-15-12(2)17-11-19-15/h4-6,8,11,16H,3,7,9-10H2,1-2H3. The van der Waals surface area contributed by atoms with E-state index in [-0.39, 0.29) is 0 Å². The number of aromatic nitrogens is 1. The van der Waals surface area contributed by atoms with Crippen LogP contribution in [0.15, 0.2) is 29.8 Å². The molecule has 1 aromatic carbocycles. The summed E-state index contributed by atoms with van der Waals surface area (Å²) in [7, 11) is 0. The molecule has 0 atom stereocenters. The highest BCUT2D eigenvalue weighted by atomic mass is 32.1. The van der Waals surface area contributed by atoms with Gasteiger partial charge in [0.2, 0.25) is 0 Å². The molecule has 0 amide bonds. The molecule has 0 radical (unpaired) electrons. The monoisotopic (exact) mass is 276 g/mol. The number of hydrogen-bond donors (Lipinski definition) is 1. The van der Waals surface area contributed by atoms with Crippen molar-refractivity contribution in [3.8, 4) is 5.75 Å². The topological polar surface area (TPSA) is 34.1 Å². The van der Waals surface area contributed by atoms with Crippen molar-refractivity contribution in [1.82, 2.24) is 10.3 Å². The molecule has 2 aromatic rings. The molecule has 0 aliphatic heterocycles. The van der Waals surface area contributed by atoms with E-state index in [9.17, 15) is 0 Å². The first-order valence-electron chi connectivity index (χ1n) is 6.61. The Labute approximate surface area is 118 Å². The average Bonchev–Trinajstić information content (AvgIpc) is 2.83. The molecule has 0 spiro atoms. The van der Waals surface area contributed by atoms with Gasteiger partial charge in [0.05, 0.1) is 17.8 Å². The predicted molar refractivity (Wildman–Crippen MR) is 79.6 cm³/mol. The number of thiazole rings is 1. The smallest absolute Gasteiger partial charge is 0.119 e. The summed E-state index contributed by atoms with van der Waals surface area (Å²) < 4.78 is 5.63. The second kappa shape index (κ2) is 7.26. The molecule has 2 rings (SSSR count). The third-order valence-corrected chi connectivity index (χ3v) is 3.77. The lowest BCUT2D eigenvalue weighted by molar-refractivity contribution is 0.317. The van der Waals surface area contributed by atoms with Crippen molar-refractivity contribution in [2.75, 3.05) is 6.61 Å². The van der Waals surface area contributed by atoms with Crippen LogP contribution in [0.5, 0.6) is 5.75 Å². The average molecular weight is 276 g/mol. The minimum atomic E-state index is 0.775. The van der Waals surface area contributed by atoms with Crippen LogP contribution in [0.3, 0.4) is 0 Å². The number of hydrogen-bond acceptors (Lipinski definition) is 4. The minimum Gasteiger partial charge on any atom is -0.494 e. The van der Waals surface area contributed by atoms with Crippen LogP contribution in [-0.4, -0.2) is 11.6 Å². The zero-order valence-corrected chi connectivity index (χ0v) is 12.3. The van der Waals surface area contributed by atoms with Gasteiger partial charge in [-0.3, -0.25) is 0 Å². The summed E-state index contributed by atoms with van der Waals surface area (Å²) in [6, 6.07) is 8.26. The molecular formula is C15H20N2OS. The van der Waals surface area contributed by atoms with Crippen molar-refractivity contribution in [1.29, 1.82) is 0 Å². The zero-order chi connectivity index (χ0) is 13.5. The molecule has 0 aliphatic carbocycles. The van der Waals surface area contributed by atoms with Crippen LogP contribution >= 0.6 is 11.3 Å². The van der Waals surface area contributed by atoms with Crippen molar-refractivity contribution >= 4 is 11.3 Å². The van der Waals surface area contributed by atoms with Gasteiger partial charge < -0.3 is 10.1 Å². The highest BCUT2D eigenvalue weighted by molar-refractivity contribution is 7.09. The second-order valence-corrected chi connectivity index (χ2v) is 5.40. The molecular weight excluding hydrogens is 256 g/mol. The molecule has 19 heavy (non-hydrogen) atoms. The third-order valence-electron chi connectivity index (χ3n) is 2.83. The number of ether oxygens (including phenoxy) is 1. The Morgan fingerprint density at radius 3 is 2.95 bits per heavy atom. The summed E-state index contributed by atoms with van der Waals surface area (Å²) >= 11 is 1.70. The van der Waals surface area contributed by atoms with Crippen LogP contribution in [0, 0.1) is 6.92 Å². The number of aryl methyl sites for hydroxylation is 1. The van der Waals surface area contributed by atoms with Gasteiger partial charge in [-0.25, -0.2) is 4.98 Å². The Balaban J connectivity index is 1.84. The van der Waals surface area contributed by atoms with E-state index < -0.39 is 0 Å². The van der Waals surface area contributed by atoms with Gasteiger partial charge in [0, 0.05) is 18.0 Å². The van der Waals surface area contributed by atoms with Crippen molar-refractivity contribution in [3.63, 3.8) is 0 Å². The van der Waals surface area contributed by atoms with E-state index >= 15 is 0 Å². The van der Waals surface area contributed by atoms with E-state index in [1.165, 1.54) is 10.4 Å². The molecule has 0 unspecified atom stereocenters. The SMILES string of the molecule is CCCOc1cccc(CNCc2scnc2C)c1. The molecule has 1 N–H and O–H groups in total. The summed E-state index contributed by atoms with van der Waals surface area (Å²) in [6.45, 7) is 6.66. The summed E-state index contributed by atoms with van der Waals surface area (Å²) in [6.07, 6.45) is 1.03. The van der Waals surface area contributed by atoms with Gasteiger partial charge in [-0.1, -0.05) is 19.1 Å². The van der Waals surface area contributed by atoms with Crippen LogP contribution < -0.4 is 10.1 Å². The molecule has 3 nitrogen and oxygen atoms in total. The lowest BCUT2D eigenvalue weighted by Gasteiger charge is -2.08. The van der Waals surface area contributed by atoms with Crippen LogP contribution in [-0.2, 0) is 13.1 Å². The van der Waals surface area contributed by atoms with Gasteiger partial charge >= 0.3 is 0 Å². The van der Waals surface area contributed by atoms with Crippen molar-refractivity contribution in [2.45, 2.75) is 33.4 Å². The van der Waals surface area contributed by atoms with E-state index in [0.29, 0.717) is 0 Å². The summed E-state index contributed by atoms with van der Waals surface area (Å²) in [4.78, 5) is 5.55. The van der Waals surface area contributed by atoms with Gasteiger partial charge in [-0.2, -0.15) is 0 Å². The quantitative estimate of drug-likeness (QED) is 0.840. The van der Waals surface area contributed by atoms with E-state index in [4.69, 9.17) is 4.74 Å². The molecule has 1 heterocycles. The summed E-state index contributed by atoms with van der Waals surface area (Å²) in [5.74, 6) is 0.954. The Hall–Kier alpha value is -1.39. The maximum absolute atomic E-state index is 5.63. The van der Waals surface area contributed by atoms with E-state index in [1.807, 2.05) is 24.6 Å². The highest BCUT2D eigenvalue weighted by Crippen LogP contribution is 2.15. The molecule has 0 saturated heterocycles. The Morgan fingerprint density at radius 2 is 2.21 bits per heavy atom. The van der Waals surface area contributed by atoms with E-state index in [2.05, 4.69) is 29.4 Å². The lowest BCUT2D eigenvalue weighted by atomic mass is 10.2. The number of nitrogens with one attached hydrogen (secondary N) is 1. The minimum absolute atomic E-state index is 0.775. The Morgan fingerprint density at radius 1 is 1.32 bits per heavy atom. The first kappa shape index (κ1) is 14.0. The summed E-state index contributed by atoms with van der Waals surface area (Å²) in [5.41, 5.74) is 4.26. The predicted octanol–water partition coefficient (Wildman–Crippen LogP) is 3.53. The van der Waals surface area contributed by atoms with E-state index in [0.717, 1.165) is 37.6 Å². The zero-order valence-electron chi connectivity index (χ0n) is 11.5. The summed E-state index contributed by atoms with van der Waals surface area (Å²) in [5, 5.41) is 3.44. The second-order valence-electron chi connectivity index (χ2n) is 4.46. The van der Waals surface area contributed by atoms with Crippen LogP contribution in [0.2, 0.25) is 0 Å². The number of nitrogens with zero attached hydrogens (tertiary/aromatic N) is 1. The van der Waals surface area contributed by atoms with Gasteiger partial charge in [0.25, 0.3) is 0 Å². The van der Waals surface area contributed by atoms with Crippen LogP contribution in [0.25, 0.3) is 0 Å². The van der Waals surface area contributed by atoms with Gasteiger partial charge in [-0.05, 0) is 31.0 Å². The van der Waals surface area contributed by atoms with Crippen LogP contribution in [0.4, 0.5) is 0 Å². The van der Waals surface area contributed by atoms with E-state index in [1.54, 1.807) is 11.3 Å². The fourth-order valence-electron chi connectivity index (χ4n) is 1.78. The highest BCUT2D eigenvalue weighted by Gasteiger charge is 2.01. The van der Waals surface area contributed by atoms with Gasteiger partial charge in [0.1, 0.15) is 5.75 Å². The molecule has 0 aliphatic rings. The van der Waals surface area contributed by atoms with Gasteiger partial charge in [-0.15, -0.1) is 11.3 Å². The van der Waals surface area contributed by atoms with Crippen molar-refractivity contribution < 1.29 is 4.74 Å². The fourth-order valence-corrected chi connectivity index (χ4v) is 2.53. The lowest BCUT2D eigenvalue weighted by Crippen LogP contribution is -2.12. The fraction of sp³-hybridized carbons (Fsp3) is 0.400. The number of benzene rings is 1. The Bertz CT molecular complexity index is 510. The van der Waals surface area contributed by atoms with Crippen molar-refractivity contribution in [3.05, 3.63) is 45.9 Å². The molecule has 0 bridgehead atoms. The largest absolute Gasteiger partial charge is 0.494 e. The third kappa shape index (κ3) is 4.33. The molecule has 0 fully saturated rings.